The van der Waals surface area contributed by atoms with E-state index in [4.69, 9.17) is 8.83 Å². The van der Waals surface area contributed by atoms with Gasteiger partial charge in [-0.1, -0.05) is 107 Å². The van der Waals surface area contributed by atoms with Crippen molar-refractivity contribution in [2.75, 3.05) is 4.90 Å². The third-order valence-electron chi connectivity index (χ3n) is 14.1. The summed E-state index contributed by atoms with van der Waals surface area (Å²) in [5.74, 6) is 0. The summed E-state index contributed by atoms with van der Waals surface area (Å²) < 4.78 is 16.0. The molecule has 0 fully saturated rings. The third kappa shape index (κ3) is 4.50. The Morgan fingerprint density at radius 1 is 0.610 bits per heavy atom. The zero-order valence-electron chi connectivity index (χ0n) is 33.8. The highest BCUT2D eigenvalue weighted by molar-refractivity contribution is 7.26. The molecule has 1 aliphatic heterocycles. The van der Waals surface area contributed by atoms with Gasteiger partial charge in [-0.3, -0.25) is 0 Å². The van der Waals surface area contributed by atoms with Gasteiger partial charge in [-0.15, -0.1) is 11.3 Å². The largest absolute Gasteiger partial charge is 0.457 e. The minimum Gasteiger partial charge on any atom is -0.457 e. The Morgan fingerprint density at radius 3 is 2.12 bits per heavy atom. The highest BCUT2D eigenvalue weighted by Crippen LogP contribution is 2.52. The molecule has 4 nitrogen and oxygen atoms in total. The Kier molecular flexibility index (Phi) is 6.56. The minimum absolute atomic E-state index is 0.0560. The molecule has 0 amide bonds. The molecule has 0 unspecified atom stereocenters. The van der Waals surface area contributed by atoms with E-state index >= 15 is 0 Å². The SMILES string of the molecule is Cc1cc2c(cc1N1c3cc4c(sc5ccccc54)c(-c4cccc5c4[nH]c4oc6ccccc6c45)c3Bc3c1ccc1c3oc3ccccc31)C(C)(C)CCC2(C)C. The highest BCUT2D eigenvalue weighted by atomic mass is 32.1. The monoisotopic (exact) mass is 780 g/mol. The zero-order valence-corrected chi connectivity index (χ0v) is 34.7. The van der Waals surface area contributed by atoms with E-state index in [0.717, 1.165) is 63.2 Å². The number of H-pyrrole nitrogens is 1. The maximum atomic E-state index is 6.91. The maximum Gasteiger partial charge on any atom is 0.206 e. The van der Waals surface area contributed by atoms with Crippen molar-refractivity contribution in [3.8, 4) is 11.1 Å². The fraction of sp³-hybridized carbons (Fsp3) is 0.170. The molecule has 13 rings (SSSR count). The van der Waals surface area contributed by atoms with Gasteiger partial charge in [-0.2, -0.15) is 0 Å². The van der Waals surface area contributed by atoms with Gasteiger partial charge in [0.2, 0.25) is 13.0 Å². The quantitative estimate of drug-likeness (QED) is 0.178. The molecule has 11 aromatic rings. The molecule has 0 radical (unpaired) electrons. The molecule has 6 heteroatoms. The second kappa shape index (κ2) is 11.5. The lowest BCUT2D eigenvalue weighted by Gasteiger charge is -2.43. The summed E-state index contributed by atoms with van der Waals surface area (Å²) in [6.07, 6.45) is 2.34. The fourth-order valence-electron chi connectivity index (χ4n) is 10.9. The lowest BCUT2D eigenvalue weighted by molar-refractivity contribution is 0.332. The molecule has 0 saturated carbocycles. The number of hydrogen-bond donors (Lipinski definition) is 1. The first-order valence-corrected chi connectivity index (χ1v) is 21.7. The van der Waals surface area contributed by atoms with E-state index in [-0.39, 0.29) is 10.8 Å². The third-order valence-corrected chi connectivity index (χ3v) is 15.3. The first-order valence-electron chi connectivity index (χ1n) is 20.9. The number of aryl methyl sites for hydroxylation is 1. The smallest absolute Gasteiger partial charge is 0.206 e. The van der Waals surface area contributed by atoms with Gasteiger partial charge >= 0.3 is 0 Å². The molecule has 284 valence electrons. The van der Waals surface area contributed by atoms with E-state index in [0.29, 0.717) is 0 Å². The molecule has 1 N–H and O–H groups in total. The topological polar surface area (TPSA) is 45.3 Å². The summed E-state index contributed by atoms with van der Waals surface area (Å²) in [5, 5.41) is 8.34. The molecule has 2 aliphatic rings. The molecule has 0 atom stereocenters. The molecular formula is C53H41BN2O2S. The summed E-state index contributed by atoms with van der Waals surface area (Å²) in [6.45, 7) is 12.0. The van der Waals surface area contributed by atoms with Crippen molar-refractivity contribution >= 4 is 122 Å². The van der Waals surface area contributed by atoms with E-state index in [1.165, 1.54) is 87.8 Å². The van der Waals surface area contributed by atoms with Crippen LogP contribution in [0.5, 0.6) is 0 Å². The van der Waals surface area contributed by atoms with Gasteiger partial charge < -0.3 is 18.7 Å². The van der Waals surface area contributed by atoms with Gasteiger partial charge in [0, 0.05) is 64.3 Å². The van der Waals surface area contributed by atoms with Gasteiger partial charge in [-0.25, -0.2) is 0 Å². The van der Waals surface area contributed by atoms with E-state index in [9.17, 15) is 0 Å². The Morgan fingerprint density at radius 2 is 1.31 bits per heavy atom. The number of anilines is 3. The number of nitrogens with one attached hydrogen (secondary N) is 1. The second-order valence-electron chi connectivity index (χ2n) is 18.4. The molecule has 1 aliphatic carbocycles. The average molecular weight is 781 g/mol. The van der Waals surface area contributed by atoms with Crippen LogP contribution >= 0.6 is 11.3 Å². The summed E-state index contributed by atoms with van der Waals surface area (Å²) in [4.78, 5) is 6.41. The molecular weight excluding hydrogens is 739 g/mol. The highest BCUT2D eigenvalue weighted by Gasteiger charge is 2.40. The number of aromatic amines is 1. The van der Waals surface area contributed by atoms with Gasteiger partial charge in [0.05, 0.1) is 10.9 Å². The molecule has 0 spiro atoms. The van der Waals surface area contributed by atoms with Crippen LogP contribution in [-0.2, 0) is 10.8 Å². The van der Waals surface area contributed by atoms with Crippen LogP contribution < -0.4 is 15.8 Å². The summed E-state index contributed by atoms with van der Waals surface area (Å²) in [5.41, 5.74) is 17.8. The van der Waals surface area contributed by atoms with Gasteiger partial charge in [0.1, 0.15) is 16.7 Å². The van der Waals surface area contributed by atoms with Crippen LogP contribution in [0.25, 0.3) is 86.2 Å². The molecule has 59 heavy (non-hydrogen) atoms. The predicted octanol–water partition coefficient (Wildman–Crippen LogP) is 13.8. The van der Waals surface area contributed by atoms with Gasteiger partial charge in [-0.05, 0) is 106 Å². The fourth-order valence-corrected chi connectivity index (χ4v) is 12.2. The van der Waals surface area contributed by atoms with E-state index in [1.54, 1.807) is 0 Å². The van der Waals surface area contributed by atoms with Crippen LogP contribution in [0.4, 0.5) is 17.1 Å². The lowest BCUT2D eigenvalue weighted by Crippen LogP contribution is -2.41. The number of rotatable bonds is 2. The van der Waals surface area contributed by atoms with Crippen LogP contribution in [0, 0.1) is 6.92 Å². The standard InChI is InChI=1S/C53H41BN2O2S/c1-28-25-36-37(53(4,5)24-23-52(36,2)3)27-39(28)56-38-22-21-31-29-13-6-9-18-41(29)57-49(31)47(38)54-46-40(56)26-35-30-14-8-11-20-43(30)59-50(35)45(46)34-17-12-16-33-44-32-15-7-10-19-42(32)58-51(44)55-48(33)34/h6-22,25-27,54-55H,23-24H2,1-5H3. The van der Waals surface area contributed by atoms with E-state index < -0.39 is 0 Å². The van der Waals surface area contributed by atoms with Crippen LogP contribution in [-0.4, -0.2) is 12.3 Å². The van der Waals surface area contributed by atoms with Gasteiger partial charge in [0.15, 0.2) is 0 Å². The average Bonchev–Trinajstić information content (AvgIpc) is 4.00. The predicted molar refractivity (Wildman–Crippen MR) is 252 cm³/mol. The first-order chi connectivity index (χ1) is 28.6. The number of nitrogens with zero attached hydrogens (tertiary/aromatic N) is 1. The Balaban J connectivity index is 1.18. The molecule has 0 saturated heterocycles. The first kappa shape index (κ1) is 33.7. The molecule has 7 aromatic carbocycles. The number of hydrogen-bond acceptors (Lipinski definition) is 4. The Bertz CT molecular complexity index is 3630. The zero-order chi connectivity index (χ0) is 39.5. The number of fused-ring (bicyclic) bond motifs is 15. The van der Waals surface area contributed by atoms with Crippen LogP contribution in [0.15, 0.2) is 130 Å². The van der Waals surface area contributed by atoms with Crippen LogP contribution in [0.2, 0.25) is 0 Å². The lowest BCUT2D eigenvalue weighted by atomic mass is 9.57. The molecule has 0 bridgehead atoms. The second-order valence-corrected chi connectivity index (χ2v) is 19.4. The number of furan rings is 2. The molecule has 5 heterocycles. The van der Waals surface area contributed by atoms with E-state index in [1.807, 2.05) is 17.4 Å². The Labute approximate surface area is 346 Å². The van der Waals surface area contributed by atoms with Crippen molar-refractivity contribution in [3.63, 3.8) is 0 Å². The number of benzene rings is 7. The van der Waals surface area contributed by atoms with Crippen molar-refractivity contribution in [2.45, 2.75) is 58.3 Å². The Hall–Kier alpha value is -6.24. The minimum atomic E-state index is 0.0560. The normalized spacial score (nSPS) is 15.8. The summed E-state index contributed by atoms with van der Waals surface area (Å²) >= 11 is 1.90. The van der Waals surface area contributed by atoms with Crippen molar-refractivity contribution in [3.05, 3.63) is 138 Å². The van der Waals surface area contributed by atoms with Crippen molar-refractivity contribution < 1.29 is 8.83 Å². The summed E-state index contributed by atoms with van der Waals surface area (Å²) in [7, 11) is 0.733. The van der Waals surface area contributed by atoms with Crippen molar-refractivity contribution in [2.24, 2.45) is 0 Å². The number of thiophene rings is 1. The summed E-state index contributed by atoms with van der Waals surface area (Å²) in [6, 6.07) is 44.8. The number of aromatic nitrogens is 1. The maximum absolute atomic E-state index is 6.91. The van der Waals surface area contributed by atoms with Gasteiger partial charge in [0.25, 0.3) is 0 Å². The van der Waals surface area contributed by atoms with E-state index in [2.05, 4.69) is 160 Å². The van der Waals surface area contributed by atoms with Crippen molar-refractivity contribution in [1.82, 2.24) is 4.98 Å². The van der Waals surface area contributed by atoms with Crippen molar-refractivity contribution in [1.29, 1.82) is 0 Å². The van der Waals surface area contributed by atoms with Crippen LogP contribution in [0.3, 0.4) is 0 Å². The molecule has 4 aromatic heterocycles. The number of para-hydroxylation sites is 3. The van der Waals surface area contributed by atoms with Crippen LogP contribution in [0.1, 0.15) is 57.2 Å².